The predicted molar refractivity (Wildman–Crippen MR) is 474 cm³/mol. The molecule has 5 heterocycles. The maximum Gasteiger partial charge on any atom is 0.410 e. The number of carboxylic acids is 1. The predicted octanol–water partition coefficient (Wildman–Crippen LogP) is 8.29. The lowest BCUT2D eigenvalue weighted by Gasteiger charge is -2.41. The highest BCUT2D eigenvalue weighted by Crippen LogP contribution is 2.33. The van der Waals surface area contributed by atoms with E-state index in [1.165, 1.54) is 30.4 Å². The molecule has 5 aromatic rings. The molecule has 0 bridgehead atoms. The number of amides is 10. The molecule has 34 heteroatoms. The minimum atomic E-state index is -1.10. The number of nitrogens with two attached hydrogens (primary N) is 1. The van der Waals surface area contributed by atoms with Crippen molar-refractivity contribution >= 4 is 93.4 Å². The first kappa shape index (κ1) is 102. The summed E-state index contributed by atoms with van der Waals surface area (Å²) in [6.07, 6.45) is 4.26. The quantitative estimate of drug-likeness (QED) is 0.0142. The van der Waals surface area contributed by atoms with Gasteiger partial charge >= 0.3 is 18.1 Å². The number of nitrogens with zero attached hydrogens (tertiary/aromatic N) is 9. The van der Waals surface area contributed by atoms with Gasteiger partial charge < -0.3 is 80.0 Å². The lowest BCUT2D eigenvalue weighted by atomic mass is 9.88. The van der Waals surface area contributed by atoms with Crippen LogP contribution in [-0.2, 0) is 104 Å². The van der Waals surface area contributed by atoms with E-state index in [0.29, 0.717) is 82.4 Å². The molecule has 125 heavy (non-hydrogen) atoms. The Morgan fingerprint density at radius 1 is 0.696 bits per heavy atom. The van der Waals surface area contributed by atoms with Gasteiger partial charge in [0.1, 0.15) is 35.1 Å². The molecule has 0 saturated carbocycles. The third-order valence-electron chi connectivity index (χ3n) is 24.0. The Kier molecular flexibility index (Phi) is 42.3. The number of likely N-dealkylation sites (tertiary alicyclic amines) is 2. The topological polar surface area (TPSA) is 408 Å². The summed E-state index contributed by atoms with van der Waals surface area (Å²) in [5.74, 6) is -7.02. The number of benzene rings is 2. The molecule has 0 unspecified atom stereocenters. The molecular formula is C91H137N15O18S. The van der Waals surface area contributed by atoms with E-state index < -0.39 is 102 Å². The van der Waals surface area contributed by atoms with Crippen LogP contribution in [0.5, 0.6) is 0 Å². The second-order valence-corrected chi connectivity index (χ2v) is 34.9. The Morgan fingerprint density at radius 3 is 2.02 bits per heavy atom. The monoisotopic (exact) mass is 1760 g/mol. The Balaban J connectivity index is 0.925. The van der Waals surface area contributed by atoms with Gasteiger partial charge in [-0.3, -0.25) is 58.3 Å². The number of aryl methyl sites for hydroxylation is 1. The van der Waals surface area contributed by atoms with Crippen molar-refractivity contribution in [2.24, 2.45) is 41.2 Å². The maximum absolute atomic E-state index is 15.0. The molecular weight excluding hydrogens is 1620 g/mol. The van der Waals surface area contributed by atoms with Crippen LogP contribution in [0.3, 0.4) is 0 Å². The van der Waals surface area contributed by atoms with Gasteiger partial charge in [0, 0.05) is 148 Å². The van der Waals surface area contributed by atoms with Gasteiger partial charge in [0.05, 0.1) is 88.1 Å². The molecule has 8 N–H and O–H groups in total. The smallest absolute Gasteiger partial charge is 0.410 e. The molecule has 11 atom stereocenters. The number of hydrogen-bond acceptors (Lipinski definition) is 22. The van der Waals surface area contributed by atoms with E-state index in [2.05, 4.69) is 47.3 Å². The van der Waals surface area contributed by atoms with E-state index in [1.54, 1.807) is 93.2 Å². The van der Waals surface area contributed by atoms with E-state index in [9.17, 15) is 52.7 Å². The Bertz CT molecular complexity index is 4280. The van der Waals surface area contributed by atoms with Crippen molar-refractivity contribution in [1.29, 1.82) is 0 Å². The van der Waals surface area contributed by atoms with Gasteiger partial charge in [-0.2, -0.15) is 0 Å². The number of hydrogen-bond donors (Lipinski definition) is 7. The van der Waals surface area contributed by atoms with Crippen molar-refractivity contribution < 1.29 is 86.3 Å². The summed E-state index contributed by atoms with van der Waals surface area (Å²) in [4.78, 5) is 183. The standard InChI is InChI=1S/C91H137N15O18S/c1-16-61(8)82(75(120-14)55-78(111)106-41-22-27-73(106)83(121-15)62(9)85(114)98-72(88-95-40-50-125-88)51-63-23-18-17-19-24-63)101(12)89(117)80(59(4)5)99-87(116)81(60(6)7)102(13)91(119)124-57-65-30-28-64(29-31-65)52-74(108)71(26-21-39-96-90(92)118)97-86(115)70(58(2)3)54-69(107)32-33-77(110)104(45-47-123-49-48-122-46-37-79(112)113)67-34-42-103(43-35-67)76(109)36-44-105-68(56-100(11)93-10)53-66-25-20-38-94-84(66)105/h17-20,23-25,28-31,38,40,50,53,58-62,67,70-73,75,80-83,93H,16,21-22,26-27,32-37,39,41-49,51-52,54-57H2,1-15H3,(H,97,115)(H,98,114)(H,99,116)(H,112,113)(H3,92,96,118)/t61-,62+,70-,71-,72-,73-,75+,80-,81-,82-,83+/m0/s1. The fraction of sp³-hybridized carbons (Fsp3) is 0.626. The second kappa shape index (κ2) is 51.7. The number of carbonyl (C=O) groups excluding carboxylic acids is 11. The van der Waals surface area contributed by atoms with Crippen LogP contribution in [-0.4, -0.2) is 270 Å². The van der Waals surface area contributed by atoms with Crippen molar-refractivity contribution in [3.8, 4) is 0 Å². The molecule has 0 radical (unpaired) electrons. The van der Waals surface area contributed by atoms with Crippen LogP contribution in [0, 0.1) is 35.5 Å². The molecule has 3 aromatic heterocycles. The van der Waals surface area contributed by atoms with E-state index in [4.69, 9.17) is 34.5 Å². The average Bonchev–Trinajstić information content (AvgIpc) is 1.61. The summed E-state index contributed by atoms with van der Waals surface area (Å²) in [6, 6.07) is 16.8. The van der Waals surface area contributed by atoms with Crippen molar-refractivity contribution in [3.63, 3.8) is 0 Å². The zero-order valence-electron chi connectivity index (χ0n) is 75.8. The molecule has 33 nitrogen and oxygen atoms in total. The molecule has 0 spiro atoms. The zero-order chi connectivity index (χ0) is 91.6. The van der Waals surface area contributed by atoms with Crippen molar-refractivity contribution in [2.45, 2.75) is 233 Å². The Morgan fingerprint density at radius 2 is 1.39 bits per heavy atom. The summed E-state index contributed by atoms with van der Waals surface area (Å²) < 4.78 is 31.3. The second-order valence-electron chi connectivity index (χ2n) is 33.9. The highest BCUT2D eigenvalue weighted by molar-refractivity contribution is 7.09. The first-order valence-electron chi connectivity index (χ1n) is 44.0. The minimum Gasteiger partial charge on any atom is -0.481 e. The average molecular weight is 1760 g/mol. The minimum absolute atomic E-state index is 0.0198. The first-order chi connectivity index (χ1) is 59.7. The summed E-state index contributed by atoms with van der Waals surface area (Å²) in [7, 11) is 9.93. The number of ketones is 2. The molecule has 10 amide bonds. The number of fused-ring (bicyclic) bond motifs is 1. The van der Waals surface area contributed by atoms with Crippen molar-refractivity contribution in [2.75, 3.05) is 102 Å². The number of thiazole rings is 1. The van der Waals surface area contributed by atoms with Gasteiger partial charge in [0.15, 0.2) is 5.78 Å². The Hall–Kier alpha value is -9.84. The largest absolute Gasteiger partial charge is 0.481 e. The number of aromatic nitrogens is 3. The number of carbonyl (C=O) groups is 12. The van der Waals surface area contributed by atoms with Crippen molar-refractivity contribution in [1.82, 2.24) is 70.7 Å². The number of aliphatic carboxylic acids is 1. The van der Waals surface area contributed by atoms with Gasteiger partial charge in [0.2, 0.25) is 41.4 Å². The molecule has 7 rings (SSSR count). The fourth-order valence-electron chi connectivity index (χ4n) is 16.7. The summed E-state index contributed by atoms with van der Waals surface area (Å²) in [6.45, 7) is 19.3. The highest BCUT2D eigenvalue weighted by Gasteiger charge is 2.45. The number of nitrogens with one attached hydrogen (secondary N) is 5. The van der Waals surface area contributed by atoms with Gasteiger partial charge in [-0.1, -0.05) is 123 Å². The van der Waals surface area contributed by atoms with E-state index in [-0.39, 0.29) is 163 Å². The summed E-state index contributed by atoms with van der Waals surface area (Å²) in [5.41, 5.74) is 12.4. The number of likely N-dealkylation sites (N-methyl/N-ethyl adjacent to an activating group) is 2. The number of urea groups is 1. The number of pyridine rings is 1. The van der Waals surface area contributed by atoms with E-state index in [0.717, 1.165) is 27.3 Å². The number of rotatable bonds is 54. The van der Waals surface area contributed by atoms with E-state index >= 15 is 4.79 Å². The molecule has 2 fully saturated rings. The maximum atomic E-state index is 15.0. The number of primary amides is 1. The third kappa shape index (κ3) is 31.0. The molecule has 2 aromatic carbocycles. The number of Topliss-reactive ketones (excluding diaryl/α,β-unsaturated/α-hetero) is 2. The van der Waals surface area contributed by atoms with Crippen molar-refractivity contribution in [3.05, 3.63) is 118 Å². The van der Waals surface area contributed by atoms with E-state index in [1.807, 2.05) is 106 Å². The lowest BCUT2D eigenvalue weighted by molar-refractivity contribution is -0.148. The fourth-order valence-corrected chi connectivity index (χ4v) is 17.4. The SMILES string of the molecule is CC[C@H](C)[C@@H]([C@@H](CC(=O)N1CCC[C@H]1[C@H](OC)[C@@H](C)C(=O)N[C@@H](Cc1ccccc1)c1nccs1)OC)N(C)C(=O)[C@@H](NC(=O)[C@H](C(C)C)N(C)C(=O)OCc1ccc(CC(=O)[C@H](CCCNC(N)=O)NC(=O)[C@@H](CC(=O)CCC(=O)N(CCOCCOCCC(=O)O)C2CCN(C(=O)CCn3c(CN(C)NC)cc4cccnc43)CC2)C(C)C)cc1)C(C)C. The molecule has 2 saturated heterocycles. The van der Waals surface area contributed by atoms with Gasteiger partial charge in [-0.25, -0.2) is 24.6 Å². The van der Waals surface area contributed by atoms with Gasteiger partial charge in [0.25, 0.3) is 0 Å². The number of methoxy groups -OCH3 is 2. The molecule has 2 aliphatic heterocycles. The molecule has 2 aliphatic rings. The molecule has 690 valence electrons. The van der Waals surface area contributed by atoms with Crippen LogP contribution in [0.2, 0.25) is 0 Å². The van der Waals surface area contributed by atoms with Crippen LogP contribution in [0.4, 0.5) is 9.59 Å². The van der Waals surface area contributed by atoms with Gasteiger partial charge in [-0.15, -0.1) is 11.3 Å². The molecule has 0 aliphatic carbocycles. The number of piperidine rings is 1. The Labute approximate surface area is 740 Å². The van der Waals surface area contributed by atoms with Crippen LogP contribution in [0.25, 0.3) is 11.0 Å². The van der Waals surface area contributed by atoms with Crippen LogP contribution >= 0.6 is 11.3 Å². The zero-order valence-corrected chi connectivity index (χ0v) is 76.6. The summed E-state index contributed by atoms with van der Waals surface area (Å²) in [5, 5.41) is 26.2. The normalized spacial score (nSPS) is 16.2. The van der Waals surface area contributed by atoms with Crippen LogP contribution in [0.1, 0.15) is 179 Å². The number of carboxylic acid groups (broad SMARTS) is 1. The van der Waals surface area contributed by atoms with Gasteiger partial charge in [-0.05, 0) is 111 Å². The number of ether oxygens (including phenoxy) is 5. The number of hydrazine groups is 1. The summed E-state index contributed by atoms with van der Waals surface area (Å²) >= 11 is 1.47. The highest BCUT2D eigenvalue weighted by atomic mass is 32.1. The first-order valence-corrected chi connectivity index (χ1v) is 44.9. The van der Waals surface area contributed by atoms with Crippen LogP contribution < -0.4 is 32.4 Å². The third-order valence-corrected chi connectivity index (χ3v) is 24.9. The lowest BCUT2D eigenvalue weighted by Crippen LogP contribution is -2.60. The van der Waals surface area contributed by atoms with Crippen LogP contribution in [0.15, 0.2) is 90.6 Å².